The maximum atomic E-state index is 11.7. The van der Waals surface area contributed by atoms with Crippen molar-refractivity contribution in [2.24, 2.45) is 0 Å². The molecule has 4 nitrogen and oxygen atoms in total. The van der Waals surface area contributed by atoms with Crippen LogP contribution in [-0.2, 0) is 11.2 Å². The van der Waals surface area contributed by atoms with E-state index in [0.717, 1.165) is 22.1 Å². The molecule has 2 aromatic rings. The van der Waals surface area contributed by atoms with Crippen LogP contribution in [-0.4, -0.2) is 24.2 Å². The SMILES string of the molecule is Cc1ccc2occ(CC(=O)NCCCO)c2c1. The van der Waals surface area contributed by atoms with Crippen molar-refractivity contribution >= 4 is 16.9 Å². The van der Waals surface area contributed by atoms with Gasteiger partial charge in [-0.15, -0.1) is 0 Å². The van der Waals surface area contributed by atoms with Crippen molar-refractivity contribution in [2.75, 3.05) is 13.2 Å². The molecule has 0 aliphatic heterocycles. The van der Waals surface area contributed by atoms with Crippen LogP contribution >= 0.6 is 0 Å². The predicted molar refractivity (Wildman–Crippen MR) is 69.4 cm³/mol. The van der Waals surface area contributed by atoms with E-state index in [2.05, 4.69) is 5.32 Å². The first-order chi connectivity index (χ1) is 8.70. The van der Waals surface area contributed by atoms with Crippen molar-refractivity contribution in [1.29, 1.82) is 0 Å². The zero-order valence-electron chi connectivity index (χ0n) is 10.4. The van der Waals surface area contributed by atoms with Gasteiger partial charge in [-0.2, -0.15) is 0 Å². The molecule has 0 saturated carbocycles. The predicted octanol–water partition coefficient (Wildman–Crippen LogP) is 1.78. The Balaban J connectivity index is 2.07. The molecule has 1 amide bonds. The molecule has 0 radical (unpaired) electrons. The second-order valence-corrected chi connectivity index (χ2v) is 4.36. The fraction of sp³-hybridized carbons (Fsp3) is 0.357. The molecule has 0 aliphatic carbocycles. The van der Waals surface area contributed by atoms with Crippen LogP contribution in [0.3, 0.4) is 0 Å². The van der Waals surface area contributed by atoms with Gasteiger partial charge in [0.15, 0.2) is 0 Å². The molecule has 1 aromatic carbocycles. The van der Waals surface area contributed by atoms with Gasteiger partial charge in [0.05, 0.1) is 12.7 Å². The highest BCUT2D eigenvalue weighted by atomic mass is 16.3. The van der Waals surface area contributed by atoms with Crippen molar-refractivity contribution in [3.05, 3.63) is 35.6 Å². The summed E-state index contributed by atoms with van der Waals surface area (Å²) in [5.41, 5.74) is 2.85. The average Bonchev–Trinajstić information content (AvgIpc) is 2.72. The lowest BCUT2D eigenvalue weighted by molar-refractivity contribution is -0.120. The van der Waals surface area contributed by atoms with Crippen molar-refractivity contribution < 1.29 is 14.3 Å². The number of aryl methyl sites for hydroxylation is 1. The minimum absolute atomic E-state index is 0.0485. The highest BCUT2D eigenvalue weighted by Crippen LogP contribution is 2.22. The summed E-state index contributed by atoms with van der Waals surface area (Å²) in [6.45, 7) is 2.61. The molecule has 0 fully saturated rings. The number of rotatable bonds is 5. The second-order valence-electron chi connectivity index (χ2n) is 4.36. The van der Waals surface area contributed by atoms with E-state index in [0.29, 0.717) is 19.4 Å². The minimum Gasteiger partial charge on any atom is -0.464 e. The van der Waals surface area contributed by atoms with Gasteiger partial charge in [0.25, 0.3) is 0 Å². The number of nitrogens with one attached hydrogen (secondary N) is 1. The molecular weight excluding hydrogens is 230 g/mol. The third kappa shape index (κ3) is 2.90. The minimum atomic E-state index is -0.0485. The maximum absolute atomic E-state index is 11.7. The molecule has 1 aromatic heterocycles. The van der Waals surface area contributed by atoms with E-state index in [-0.39, 0.29) is 12.5 Å². The quantitative estimate of drug-likeness (QED) is 0.792. The Bertz CT molecular complexity index is 545. The Morgan fingerprint density at radius 3 is 3.06 bits per heavy atom. The van der Waals surface area contributed by atoms with Crippen molar-refractivity contribution in [2.45, 2.75) is 19.8 Å². The smallest absolute Gasteiger partial charge is 0.224 e. The van der Waals surface area contributed by atoms with Crippen molar-refractivity contribution in [3.63, 3.8) is 0 Å². The summed E-state index contributed by atoms with van der Waals surface area (Å²) in [6.07, 6.45) is 2.52. The zero-order valence-corrected chi connectivity index (χ0v) is 10.4. The van der Waals surface area contributed by atoms with Crippen LogP contribution in [0.25, 0.3) is 11.0 Å². The van der Waals surface area contributed by atoms with Gasteiger partial charge in [0.1, 0.15) is 5.58 Å². The van der Waals surface area contributed by atoms with Gasteiger partial charge >= 0.3 is 0 Å². The highest BCUT2D eigenvalue weighted by molar-refractivity contribution is 5.87. The van der Waals surface area contributed by atoms with Crippen LogP contribution in [0.2, 0.25) is 0 Å². The standard InChI is InChI=1S/C14H17NO3/c1-10-3-4-13-12(7-10)11(9-18-13)8-14(17)15-5-2-6-16/h3-4,7,9,16H,2,5-6,8H2,1H3,(H,15,17). The lowest BCUT2D eigenvalue weighted by atomic mass is 10.1. The molecule has 0 aliphatic rings. The lowest BCUT2D eigenvalue weighted by Crippen LogP contribution is -2.26. The summed E-state index contributed by atoms with van der Waals surface area (Å²) in [7, 11) is 0. The van der Waals surface area contributed by atoms with E-state index in [9.17, 15) is 4.79 Å². The summed E-state index contributed by atoms with van der Waals surface area (Å²) in [4.78, 5) is 11.7. The number of hydrogen-bond donors (Lipinski definition) is 2. The molecule has 0 bridgehead atoms. The first-order valence-electron chi connectivity index (χ1n) is 6.05. The Hall–Kier alpha value is -1.81. The number of carbonyl (C=O) groups is 1. The molecule has 0 unspecified atom stereocenters. The van der Waals surface area contributed by atoms with E-state index in [1.807, 2.05) is 25.1 Å². The summed E-state index contributed by atoms with van der Waals surface area (Å²) in [5, 5.41) is 12.4. The topological polar surface area (TPSA) is 62.5 Å². The van der Waals surface area contributed by atoms with Gasteiger partial charge in [-0.1, -0.05) is 11.6 Å². The number of benzene rings is 1. The van der Waals surface area contributed by atoms with Crippen LogP contribution < -0.4 is 5.32 Å². The van der Waals surface area contributed by atoms with E-state index >= 15 is 0 Å². The summed E-state index contributed by atoms with van der Waals surface area (Å²) < 4.78 is 5.41. The fourth-order valence-electron chi connectivity index (χ4n) is 1.87. The monoisotopic (exact) mass is 247 g/mol. The average molecular weight is 247 g/mol. The summed E-state index contributed by atoms with van der Waals surface area (Å²) in [5.74, 6) is -0.0485. The van der Waals surface area contributed by atoms with Gasteiger partial charge in [0, 0.05) is 24.1 Å². The molecule has 0 atom stereocenters. The lowest BCUT2D eigenvalue weighted by Gasteiger charge is -2.02. The van der Waals surface area contributed by atoms with Gasteiger partial charge in [-0.05, 0) is 25.5 Å². The zero-order chi connectivity index (χ0) is 13.0. The number of furan rings is 1. The number of carbonyl (C=O) groups excluding carboxylic acids is 1. The number of aliphatic hydroxyl groups is 1. The van der Waals surface area contributed by atoms with Gasteiger partial charge in [0.2, 0.25) is 5.91 Å². The Labute approximate surface area is 106 Å². The van der Waals surface area contributed by atoms with Crippen LogP contribution in [0.5, 0.6) is 0 Å². The van der Waals surface area contributed by atoms with Crippen LogP contribution in [0.4, 0.5) is 0 Å². The molecule has 2 rings (SSSR count). The maximum Gasteiger partial charge on any atom is 0.224 e. The number of aliphatic hydroxyl groups excluding tert-OH is 1. The molecule has 2 N–H and O–H groups in total. The normalized spacial score (nSPS) is 10.8. The summed E-state index contributed by atoms with van der Waals surface area (Å²) >= 11 is 0. The van der Waals surface area contributed by atoms with E-state index in [1.54, 1.807) is 6.26 Å². The van der Waals surface area contributed by atoms with Crippen molar-refractivity contribution in [3.8, 4) is 0 Å². The van der Waals surface area contributed by atoms with Crippen LogP contribution in [0.15, 0.2) is 28.9 Å². The van der Waals surface area contributed by atoms with Gasteiger partial charge < -0.3 is 14.8 Å². The summed E-state index contributed by atoms with van der Waals surface area (Å²) in [6, 6.07) is 5.92. The first kappa shape index (κ1) is 12.6. The second kappa shape index (κ2) is 5.69. The van der Waals surface area contributed by atoms with E-state index in [1.165, 1.54) is 0 Å². The van der Waals surface area contributed by atoms with Gasteiger partial charge in [-0.25, -0.2) is 0 Å². The Morgan fingerprint density at radius 2 is 2.28 bits per heavy atom. The third-order valence-corrected chi connectivity index (χ3v) is 2.82. The molecular formula is C14H17NO3. The molecule has 96 valence electrons. The molecule has 0 saturated heterocycles. The Kier molecular flexibility index (Phi) is 3.99. The number of fused-ring (bicyclic) bond motifs is 1. The number of hydrogen-bond acceptors (Lipinski definition) is 3. The largest absolute Gasteiger partial charge is 0.464 e. The number of amides is 1. The first-order valence-corrected chi connectivity index (χ1v) is 6.05. The van der Waals surface area contributed by atoms with Crippen LogP contribution in [0, 0.1) is 6.92 Å². The molecule has 4 heteroatoms. The molecule has 1 heterocycles. The van der Waals surface area contributed by atoms with E-state index in [4.69, 9.17) is 9.52 Å². The molecule has 0 spiro atoms. The van der Waals surface area contributed by atoms with Crippen LogP contribution in [0.1, 0.15) is 17.5 Å². The fourth-order valence-corrected chi connectivity index (χ4v) is 1.87. The van der Waals surface area contributed by atoms with Gasteiger partial charge in [-0.3, -0.25) is 4.79 Å². The van der Waals surface area contributed by atoms with Crippen molar-refractivity contribution in [1.82, 2.24) is 5.32 Å². The Morgan fingerprint density at radius 1 is 1.44 bits per heavy atom. The van der Waals surface area contributed by atoms with E-state index < -0.39 is 0 Å². The highest BCUT2D eigenvalue weighted by Gasteiger charge is 2.10. The molecule has 18 heavy (non-hydrogen) atoms. The third-order valence-electron chi connectivity index (χ3n) is 2.82.